The Morgan fingerprint density at radius 2 is 1.62 bits per heavy atom. The van der Waals surface area contributed by atoms with E-state index in [-0.39, 0.29) is 17.9 Å². The first-order valence-electron chi connectivity index (χ1n) is 8.69. The lowest BCUT2D eigenvalue weighted by Gasteiger charge is -2.24. The topological polar surface area (TPSA) is 29.1 Å². The summed E-state index contributed by atoms with van der Waals surface area (Å²) in [4.78, 5) is 12.6. The Labute approximate surface area is 132 Å². The minimum atomic E-state index is 0.103. The molecule has 122 valence electrons. The van der Waals surface area contributed by atoms with Crippen LogP contribution in [0.5, 0.6) is 0 Å². The number of carbonyl (C=O) groups is 1. The Bertz CT molecular complexity index is 301. The molecule has 21 heavy (non-hydrogen) atoms. The number of carbonyl (C=O) groups excluding carboxylic acids is 1. The Morgan fingerprint density at radius 1 is 1.05 bits per heavy atom. The number of hydrogen-bond acceptors (Lipinski definition) is 1. The molecule has 2 heteroatoms. The van der Waals surface area contributed by atoms with Crippen LogP contribution in [0.2, 0.25) is 0 Å². The summed E-state index contributed by atoms with van der Waals surface area (Å²) in [5, 5.41) is 3.23. The molecule has 0 aromatic heterocycles. The third-order valence-electron chi connectivity index (χ3n) is 3.98. The van der Waals surface area contributed by atoms with Crippen LogP contribution < -0.4 is 5.32 Å². The van der Waals surface area contributed by atoms with Gasteiger partial charge in [-0.1, -0.05) is 71.1 Å². The maximum atomic E-state index is 12.6. The molecule has 0 bridgehead atoms. The van der Waals surface area contributed by atoms with E-state index in [0.29, 0.717) is 0 Å². The van der Waals surface area contributed by atoms with Crippen LogP contribution in [-0.4, -0.2) is 11.9 Å². The Morgan fingerprint density at radius 3 is 2.05 bits per heavy atom. The second-order valence-electron chi connectivity index (χ2n) is 5.98. The van der Waals surface area contributed by atoms with E-state index in [9.17, 15) is 4.79 Å². The number of nitrogens with one attached hydrogen (secondary N) is 1. The normalized spacial score (nSPS) is 12.2. The smallest absolute Gasteiger partial charge is 0.223 e. The largest absolute Gasteiger partial charge is 0.349 e. The van der Waals surface area contributed by atoms with Gasteiger partial charge in [-0.3, -0.25) is 4.79 Å². The van der Waals surface area contributed by atoms with Crippen molar-refractivity contribution in [1.29, 1.82) is 0 Å². The van der Waals surface area contributed by atoms with Crippen molar-refractivity contribution in [2.45, 2.75) is 84.6 Å². The molecule has 0 heterocycles. The van der Waals surface area contributed by atoms with Gasteiger partial charge in [0.25, 0.3) is 0 Å². The van der Waals surface area contributed by atoms with Gasteiger partial charge in [0.2, 0.25) is 5.91 Å². The molecule has 0 aliphatic carbocycles. The van der Waals surface area contributed by atoms with Crippen LogP contribution in [0.4, 0.5) is 0 Å². The van der Waals surface area contributed by atoms with Crippen molar-refractivity contribution in [3.05, 3.63) is 24.8 Å². The van der Waals surface area contributed by atoms with Crippen molar-refractivity contribution < 1.29 is 4.79 Å². The van der Waals surface area contributed by atoms with Crippen molar-refractivity contribution in [2.24, 2.45) is 5.92 Å². The molecule has 0 saturated heterocycles. The molecule has 0 aliphatic heterocycles. The summed E-state index contributed by atoms with van der Waals surface area (Å²) in [5.41, 5.74) is 1.07. The number of unbranched alkanes of at least 4 members (excludes halogenated alkanes) is 2. The highest BCUT2D eigenvalue weighted by Crippen LogP contribution is 2.18. The predicted octanol–water partition coefficient (Wildman–Crippen LogP) is 5.40. The summed E-state index contributed by atoms with van der Waals surface area (Å²) in [5.74, 6) is 0.390. The first-order valence-corrected chi connectivity index (χ1v) is 8.69. The van der Waals surface area contributed by atoms with Crippen LogP contribution in [0.3, 0.4) is 0 Å². The maximum Gasteiger partial charge on any atom is 0.223 e. The van der Waals surface area contributed by atoms with Crippen LogP contribution in [0.1, 0.15) is 78.6 Å². The Balaban J connectivity index is 4.63. The zero-order valence-electron chi connectivity index (χ0n) is 14.4. The van der Waals surface area contributed by atoms with Crippen LogP contribution in [0, 0.1) is 5.92 Å². The molecule has 0 saturated carbocycles. The summed E-state index contributed by atoms with van der Waals surface area (Å²) in [6, 6.07) is 0.103. The minimum absolute atomic E-state index is 0.103. The SMILES string of the molecule is C=CCC(=C)C(CCC)NC(=O)C(CCCC)CCCC. The van der Waals surface area contributed by atoms with E-state index in [0.717, 1.165) is 63.4 Å². The molecule has 0 radical (unpaired) electrons. The molecule has 1 atom stereocenters. The number of rotatable bonds is 13. The number of allylic oxidation sites excluding steroid dienone is 1. The lowest BCUT2D eigenvalue weighted by Crippen LogP contribution is -2.40. The fraction of sp³-hybridized carbons (Fsp3) is 0.737. The summed E-state index contributed by atoms with van der Waals surface area (Å²) in [7, 11) is 0. The van der Waals surface area contributed by atoms with Gasteiger partial charge in [0.15, 0.2) is 0 Å². The lowest BCUT2D eigenvalue weighted by molar-refractivity contribution is -0.126. The number of amides is 1. The van der Waals surface area contributed by atoms with E-state index in [1.54, 1.807) is 0 Å². The Hall–Kier alpha value is -1.05. The second-order valence-corrected chi connectivity index (χ2v) is 5.98. The summed E-state index contributed by atoms with van der Waals surface area (Å²) in [6.45, 7) is 14.4. The molecule has 1 amide bonds. The fourth-order valence-corrected chi connectivity index (χ4v) is 2.59. The molecule has 1 N–H and O–H groups in total. The van der Waals surface area contributed by atoms with Crippen LogP contribution >= 0.6 is 0 Å². The van der Waals surface area contributed by atoms with Gasteiger partial charge in [-0.15, -0.1) is 6.58 Å². The van der Waals surface area contributed by atoms with Gasteiger partial charge in [0.05, 0.1) is 6.04 Å². The van der Waals surface area contributed by atoms with Gasteiger partial charge in [-0.05, 0) is 25.7 Å². The molecule has 0 rings (SSSR count). The highest BCUT2D eigenvalue weighted by molar-refractivity contribution is 5.79. The van der Waals surface area contributed by atoms with Crippen molar-refractivity contribution in [3.63, 3.8) is 0 Å². The zero-order chi connectivity index (χ0) is 16.1. The highest BCUT2D eigenvalue weighted by atomic mass is 16.1. The number of hydrogen-bond donors (Lipinski definition) is 1. The van der Waals surface area contributed by atoms with E-state index in [2.05, 4.69) is 39.2 Å². The zero-order valence-corrected chi connectivity index (χ0v) is 14.4. The predicted molar refractivity (Wildman–Crippen MR) is 93.3 cm³/mol. The van der Waals surface area contributed by atoms with Gasteiger partial charge in [0.1, 0.15) is 0 Å². The highest BCUT2D eigenvalue weighted by Gasteiger charge is 2.21. The van der Waals surface area contributed by atoms with Crippen molar-refractivity contribution in [2.75, 3.05) is 0 Å². The van der Waals surface area contributed by atoms with E-state index in [4.69, 9.17) is 0 Å². The fourth-order valence-electron chi connectivity index (χ4n) is 2.59. The standard InChI is InChI=1S/C19H35NO/c1-6-10-14-17(15-11-7-2)19(21)20-18(13-9-4)16(5)12-8-3/h8,17-18H,3,5-7,9-15H2,1-2,4H3,(H,20,21). The van der Waals surface area contributed by atoms with Gasteiger partial charge in [0, 0.05) is 5.92 Å². The van der Waals surface area contributed by atoms with E-state index < -0.39 is 0 Å². The molecule has 1 unspecified atom stereocenters. The first-order chi connectivity index (χ1) is 10.1. The molecule has 0 aromatic rings. The third-order valence-corrected chi connectivity index (χ3v) is 3.98. The Kier molecular flexibility index (Phi) is 12.0. The van der Waals surface area contributed by atoms with Crippen LogP contribution in [-0.2, 0) is 4.79 Å². The average Bonchev–Trinajstić information content (AvgIpc) is 2.47. The van der Waals surface area contributed by atoms with Crippen molar-refractivity contribution in [3.8, 4) is 0 Å². The molecule has 2 nitrogen and oxygen atoms in total. The molecule has 0 aromatic carbocycles. The van der Waals surface area contributed by atoms with Gasteiger partial charge < -0.3 is 5.32 Å². The molecular weight excluding hydrogens is 258 g/mol. The van der Waals surface area contributed by atoms with E-state index in [1.165, 1.54) is 0 Å². The lowest BCUT2D eigenvalue weighted by atomic mass is 9.93. The summed E-state index contributed by atoms with van der Waals surface area (Å²) < 4.78 is 0. The molecule has 0 fully saturated rings. The van der Waals surface area contributed by atoms with Crippen molar-refractivity contribution >= 4 is 5.91 Å². The summed E-state index contributed by atoms with van der Waals surface area (Å²) >= 11 is 0. The third kappa shape index (κ3) is 8.75. The van der Waals surface area contributed by atoms with Gasteiger partial charge >= 0.3 is 0 Å². The van der Waals surface area contributed by atoms with E-state index >= 15 is 0 Å². The van der Waals surface area contributed by atoms with Crippen LogP contribution in [0.15, 0.2) is 24.8 Å². The maximum absolute atomic E-state index is 12.6. The molecular formula is C19H35NO. The van der Waals surface area contributed by atoms with Gasteiger partial charge in [-0.2, -0.15) is 0 Å². The van der Waals surface area contributed by atoms with Crippen LogP contribution in [0.25, 0.3) is 0 Å². The molecule has 0 aliphatic rings. The van der Waals surface area contributed by atoms with Gasteiger partial charge in [-0.25, -0.2) is 0 Å². The first kappa shape index (κ1) is 19.9. The second kappa shape index (κ2) is 12.7. The van der Waals surface area contributed by atoms with Crippen molar-refractivity contribution in [1.82, 2.24) is 5.32 Å². The summed E-state index contributed by atoms with van der Waals surface area (Å²) in [6.07, 6.45) is 11.2. The monoisotopic (exact) mass is 293 g/mol. The molecule has 0 spiro atoms. The van der Waals surface area contributed by atoms with E-state index in [1.807, 2.05) is 6.08 Å². The average molecular weight is 293 g/mol. The minimum Gasteiger partial charge on any atom is -0.349 e. The quantitative estimate of drug-likeness (QED) is 0.453.